The second-order valence-electron chi connectivity index (χ2n) is 10.5. The van der Waals surface area contributed by atoms with Crippen molar-refractivity contribution < 1.29 is 18.3 Å². The summed E-state index contributed by atoms with van der Waals surface area (Å²) in [4.78, 5) is 12.6. The molecule has 0 heterocycles. The van der Waals surface area contributed by atoms with Crippen LogP contribution in [0.5, 0.6) is 5.75 Å². The molecule has 0 radical (unpaired) electrons. The zero-order chi connectivity index (χ0) is 25.5. The molecular formula is C32H38F2O2. The number of rotatable bonds is 9. The van der Waals surface area contributed by atoms with Crippen molar-refractivity contribution in [2.45, 2.75) is 77.0 Å². The van der Waals surface area contributed by atoms with Gasteiger partial charge < -0.3 is 4.74 Å². The van der Waals surface area contributed by atoms with Crippen LogP contribution in [0.15, 0.2) is 61.2 Å². The molecule has 2 aromatic carbocycles. The third kappa shape index (κ3) is 6.32. The maximum atomic E-state index is 15.2. The molecule has 0 bridgehead atoms. The average Bonchev–Trinajstić information content (AvgIpc) is 2.89. The standard InChI is InChI=1S/C32H38F2O2/c1-3-5-7-9-23-10-13-25-21-26(15-14-24(25)20-23)28-18-19-29(31(34)30(28)33)32(35)36-27-16-11-22(12-17-27)8-6-4-2/h3-5,11-12,16-19,23-26H,2,6-10,13-15,20-21H2,1H3/b5-3+. The van der Waals surface area contributed by atoms with Crippen LogP contribution < -0.4 is 4.74 Å². The predicted octanol–water partition coefficient (Wildman–Crippen LogP) is 8.96. The van der Waals surface area contributed by atoms with Crippen molar-refractivity contribution in [1.82, 2.24) is 0 Å². The van der Waals surface area contributed by atoms with E-state index in [1.807, 2.05) is 18.2 Å². The number of benzene rings is 2. The van der Waals surface area contributed by atoms with E-state index in [-0.39, 0.29) is 11.5 Å². The van der Waals surface area contributed by atoms with E-state index in [1.165, 1.54) is 31.7 Å². The molecule has 2 nitrogen and oxygen atoms in total. The van der Waals surface area contributed by atoms with Crippen molar-refractivity contribution >= 4 is 5.97 Å². The molecule has 2 aliphatic carbocycles. The van der Waals surface area contributed by atoms with Crippen molar-refractivity contribution in [1.29, 1.82) is 0 Å². The molecule has 0 aromatic heterocycles. The van der Waals surface area contributed by atoms with Gasteiger partial charge in [0.15, 0.2) is 11.6 Å². The number of halogens is 2. The van der Waals surface area contributed by atoms with Crippen LogP contribution in [0.1, 0.15) is 92.1 Å². The number of allylic oxidation sites excluding steroid dienone is 3. The van der Waals surface area contributed by atoms with Crippen LogP contribution in [0.2, 0.25) is 0 Å². The Hall–Kier alpha value is -2.75. The summed E-state index contributed by atoms with van der Waals surface area (Å²) in [5.74, 6) is -0.472. The normalized spacial score (nSPS) is 23.9. The second kappa shape index (κ2) is 12.5. The summed E-state index contributed by atoms with van der Waals surface area (Å²) in [5.41, 5.74) is 1.14. The van der Waals surface area contributed by atoms with Crippen LogP contribution in [0.3, 0.4) is 0 Å². The molecule has 4 rings (SSSR count). The first kappa shape index (κ1) is 26.3. The van der Waals surface area contributed by atoms with Crippen molar-refractivity contribution in [3.05, 3.63) is 89.5 Å². The zero-order valence-corrected chi connectivity index (χ0v) is 21.4. The minimum Gasteiger partial charge on any atom is -0.423 e. The lowest BCUT2D eigenvalue weighted by Crippen LogP contribution is -2.30. The molecule has 0 spiro atoms. The number of carbonyl (C=O) groups is 1. The van der Waals surface area contributed by atoms with Crippen LogP contribution >= 0.6 is 0 Å². The van der Waals surface area contributed by atoms with E-state index in [1.54, 1.807) is 18.2 Å². The molecule has 0 amide bonds. The Balaban J connectivity index is 1.37. The minimum atomic E-state index is -1.10. The van der Waals surface area contributed by atoms with Crippen molar-refractivity contribution in [3.63, 3.8) is 0 Å². The van der Waals surface area contributed by atoms with Gasteiger partial charge in [-0.3, -0.25) is 0 Å². The number of hydrogen-bond donors (Lipinski definition) is 0. The van der Waals surface area contributed by atoms with Crippen LogP contribution in [0.25, 0.3) is 0 Å². The summed E-state index contributed by atoms with van der Waals surface area (Å²) in [6.45, 7) is 5.78. The lowest BCUT2D eigenvalue weighted by atomic mass is 9.63. The van der Waals surface area contributed by atoms with Crippen LogP contribution in [-0.4, -0.2) is 5.97 Å². The Kier molecular flexibility index (Phi) is 9.12. The molecule has 4 heteroatoms. The Bertz CT molecular complexity index is 1070. The quantitative estimate of drug-likeness (QED) is 0.198. The molecule has 2 fully saturated rings. The van der Waals surface area contributed by atoms with Gasteiger partial charge >= 0.3 is 5.97 Å². The number of esters is 1. The van der Waals surface area contributed by atoms with Crippen LogP contribution in [0.4, 0.5) is 8.78 Å². The lowest BCUT2D eigenvalue weighted by molar-refractivity contribution is 0.0728. The van der Waals surface area contributed by atoms with Gasteiger partial charge in [0.2, 0.25) is 0 Å². The van der Waals surface area contributed by atoms with E-state index in [9.17, 15) is 4.79 Å². The van der Waals surface area contributed by atoms with Crippen molar-refractivity contribution in [2.24, 2.45) is 17.8 Å². The fourth-order valence-electron chi connectivity index (χ4n) is 6.22. The van der Waals surface area contributed by atoms with E-state index < -0.39 is 17.6 Å². The Morgan fingerprint density at radius 3 is 2.47 bits per heavy atom. The third-order valence-corrected chi connectivity index (χ3v) is 8.24. The van der Waals surface area contributed by atoms with Crippen molar-refractivity contribution in [3.8, 4) is 5.75 Å². The summed E-state index contributed by atoms with van der Waals surface area (Å²) in [7, 11) is 0. The third-order valence-electron chi connectivity index (χ3n) is 8.24. The minimum absolute atomic E-state index is 0.00788. The smallest absolute Gasteiger partial charge is 0.346 e. The fraction of sp³-hybridized carbons (Fsp3) is 0.469. The fourth-order valence-corrected chi connectivity index (χ4v) is 6.22. The van der Waals surface area contributed by atoms with Gasteiger partial charge in [-0.15, -0.1) is 6.58 Å². The topological polar surface area (TPSA) is 26.3 Å². The Labute approximate surface area is 214 Å². The average molecular weight is 493 g/mol. The second-order valence-corrected chi connectivity index (χ2v) is 10.5. The highest BCUT2D eigenvalue weighted by Crippen LogP contribution is 2.49. The molecule has 0 saturated heterocycles. The van der Waals surface area contributed by atoms with Gasteiger partial charge in [-0.05, 0) is 118 Å². The van der Waals surface area contributed by atoms with E-state index in [0.29, 0.717) is 23.1 Å². The Morgan fingerprint density at radius 1 is 0.972 bits per heavy atom. The monoisotopic (exact) mass is 492 g/mol. The number of fused-ring (bicyclic) bond motifs is 1. The summed E-state index contributed by atoms with van der Waals surface area (Å²) in [6.07, 6.45) is 16.9. The van der Waals surface area contributed by atoms with E-state index in [0.717, 1.165) is 50.0 Å². The van der Waals surface area contributed by atoms with Gasteiger partial charge in [0.1, 0.15) is 5.75 Å². The van der Waals surface area contributed by atoms with Gasteiger partial charge in [-0.2, -0.15) is 0 Å². The molecule has 2 aromatic rings. The van der Waals surface area contributed by atoms with Crippen LogP contribution in [-0.2, 0) is 6.42 Å². The molecule has 192 valence electrons. The SMILES string of the molecule is C=CCCc1ccc(OC(=O)c2ccc(C3CCC4CC(CC/C=C/C)CCC4C3)c(F)c2F)cc1. The molecule has 4 unspecified atom stereocenters. The molecule has 0 N–H and O–H groups in total. The number of carbonyl (C=O) groups excluding carboxylic acids is 1. The highest BCUT2D eigenvalue weighted by atomic mass is 19.2. The van der Waals surface area contributed by atoms with Gasteiger partial charge in [0.05, 0.1) is 5.56 Å². The largest absolute Gasteiger partial charge is 0.423 e. The molecule has 2 aliphatic rings. The number of aryl methyl sites for hydroxylation is 1. The Morgan fingerprint density at radius 2 is 1.72 bits per heavy atom. The highest BCUT2D eigenvalue weighted by molar-refractivity contribution is 5.91. The molecule has 4 atom stereocenters. The first-order valence-electron chi connectivity index (χ1n) is 13.5. The molecular weight excluding hydrogens is 454 g/mol. The van der Waals surface area contributed by atoms with Gasteiger partial charge in [0.25, 0.3) is 0 Å². The number of ether oxygens (including phenoxy) is 1. The van der Waals surface area contributed by atoms with Crippen LogP contribution in [0, 0.1) is 29.4 Å². The molecule has 2 saturated carbocycles. The first-order chi connectivity index (χ1) is 17.5. The lowest BCUT2D eigenvalue weighted by Gasteiger charge is -2.42. The zero-order valence-electron chi connectivity index (χ0n) is 21.4. The maximum absolute atomic E-state index is 15.2. The maximum Gasteiger partial charge on any atom is 0.346 e. The predicted molar refractivity (Wildman–Crippen MR) is 141 cm³/mol. The van der Waals surface area contributed by atoms with E-state index >= 15 is 8.78 Å². The summed E-state index contributed by atoms with van der Waals surface area (Å²) < 4.78 is 35.5. The van der Waals surface area contributed by atoms with Crippen molar-refractivity contribution in [2.75, 3.05) is 0 Å². The summed E-state index contributed by atoms with van der Waals surface area (Å²) in [6, 6.07) is 10.1. The van der Waals surface area contributed by atoms with E-state index in [2.05, 4.69) is 25.7 Å². The summed E-state index contributed by atoms with van der Waals surface area (Å²) in [5, 5.41) is 0. The van der Waals surface area contributed by atoms with Gasteiger partial charge in [-0.25, -0.2) is 13.6 Å². The molecule has 0 aliphatic heterocycles. The number of hydrogen-bond acceptors (Lipinski definition) is 2. The molecule has 36 heavy (non-hydrogen) atoms. The summed E-state index contributed by atoms with van der Waals surface area (Å²) >= 11 is 0. The van der Waals surface area contributed by atoms with Gasteiger partial charge in [-0.1, -0.05) is 42.8 Å². The van der Waals surface area contributed by atoms with E-state index in [4.69, 9.17) is 4.74 Å². The van der Waals surface area contributed by atoms with Gasteiger partial charge in [0, 0.05) is 0 Å². The first-order valence-corrected chi connectivity index (χ1v) is 13.5. The highest BCUT2D eigenvalue weighted by Gasteiger charge is 2.37.